The fourth-order valence-electron chi connectivity index (χ4n) is 3.94. The first-order chi connectivity index (χ1) is 16.3. The van der Waals surface area contributed by atoms with Crippen LogP contribution in [0.5, 0.6) is 5.75 Å². The van der Waals surface area contributed by atoms with Crippen molar-refractivity contribution < 1.29 is 9.84 Å². The van der Waals surface area contributed by atoms with Crippen LogP contribution in [0.15, 0.2) is 42.7 Å². The van der Waals surface area contributed by atoms with Gasteiger partial charge in [-0.3, -0.25) is 0 Å². The molecule has 0 atom stereocenters. The van der Waals surface area contributed by atoms with Crippen molar-refractivity contribution in [2.75, 3.05) is 25.4 Å². The number of ether oxygens (including phenoxy) is 1. The van der Waals surface area contributed by atoms with Gasteiger partial charge in [-0.1, -0.05) is 30.9 Å². The standard InChI is InChI=1S/C27H32N4O2S/c1-4-31-12-9-21(10-13-31)26-30-17-24(34-26)22-15-23(25(28)29-16-22)33-18-20-7-5-6-19(14-20)8-11-27(2,3)32/h5-7,14-17,21,32H,4,9-10,12-13,18H2,1-3H3,(H2,28,29). The molecule has 3 aromatic rings. The molecule has 6 nitrogen and oxygen atoms in total. The zero-order valence-electron chi connectivity index (χ0n) is 20.0. The fourth-order valence-corrected chi connectivity index (χ4v) is 5.00. The smallest absolute Gasteiger partial charge is 0.166 e. The first-order valence-corrected chi connectivity index (χ1v) is 12.5. The summed E-state index contributed by atoms with van der Waals surface area (Å²) >= 11 is 1.74. The zero-order valence-corrected chi connectivity index (χ0v) is 20.9. The predicted molar refractivity (Wildman–Crippen MR) is 138 cm³/mol. The topological polar surface area (TPSA) is 84.5 Å². The third kappa shape index (κ3) is 6.35. The molecule has 1 aliphatic heterocycles. The van der Waals surface area contributed by atoms with Gasteiger partial charge in [0.1, 0.15) is 12.2 Å². The van der Waals surface area contributed by atoms with Crippen LogP contribution >= 0.6 is 11.3 Å². The second-order valence-corrected chi connectivity index (χ2v) is 10.2. The number of likely N-dealkylation sites (tertiary alicyclic amines) is 1. The zero-order chi connectivity index (χ0) is 24.1. The molecule has 178 valence electrons. The summed E-state index contributed by atoms with van der Waals surface area (Å²) in [4.78, 5) is 12.7. The predicted octanol–water partition coefficient (Wildman–Crippen LogP) is 4.69. The summed E-state index contributed by atoms with van der Waals surface area (Å²) in [5.41, 5.74) is 7.82. The highest BCUT2D eigenvalue weighted by atomic mass is 32.1. The molecule has 0 radical (unpaired) electrons. The Morgan fingerprint density at radius 1 is 1.21 bits per heavy atom. The van der Waals surface area contributed by atoms with Gasteiger partial charge in [0.15, 0.2) is 11.6 Å². The van der Waals surface area contributed by atoms with E-state index >= 15 is 0 Å². The van der Waals surface area contributed by atoms with Gasteiger partial charge in [0, 0.05) is 29.4 Å². The van der Waals surface area contributed by atoms with Gasteiger partial charge in [-0.15, -0.1) is 11.3 Å². The number of thiazole rings is 1. The van der Waals surface area contributed by atoms with Gasteiger partial charge >= 0.3 is 0 Å². The van der Waals surface area contributed by atoms with Crippen molar-refractivity contribution in [3.8, 4) is 28.0 Å². The van der Waals surface area contributed by atoms with Crippen LogP contribution in [0.2, 0.25) is 0 Å². The van der Waals surface area contributed by atoms with Crippen LogP contribution in [0.25, 0.3) is 10.4 Å². The molecule has 2 aromatic heterocycles. The minimum Gasteiger partial charge on any atom is -0.485 e. The number of rotatable bonds is 6. The number of nitrogens with two attached hydrogens (primary N) is 1. The number of hydrogen-bond donors (Lipinski definition) is 2. The van der Waals surface area contributed by atoms with Crippen molar-refractivity contribution in [1.29, 1.82) is 0 Å². The van der Waals surface area contributed by atoms with E-state index in [1.54, 1.807) is 31.4 Å². The molecule has 3 N–H and O–H groups in total. The number of aliphatic hydroxyl groups is 1. The van der Waals surface area contributed by atoms with Gasteiger partial charge < -0.3 is 20.5 Å². The summed E-state index contributed by atoms with van der Waals surface area (Å²) in [6.45, 7) is 9.29. The van der Waals surface area contributed by atoms with E-state index in [2.05, 4.69) is 28.6 Å². The van der Waals surface area contributed by atoms with Crippen molar-refractivity contribution in [3.05, 3.63) is 58.9 Å². The van der Waals surface area contributed by atoms with Crippen molar-refractivity contribution in [3.63, 3.8) is 0 Å². The van der Waals surface area contributed by atoms with Gasteiger partial charge in [0.05, 0.1) is 9.88 Å². The summed E-state index contributed by atoms with van der Waals surface area (Å²) in [7, 11) is 0. The maximum atomic E-state index is 9.82. The lowest BCUT2D eigenvalue weighted by Gasteiger charge is -2.29. The Morgan fingerprint density at radius 3 is 2.74 bits per heavy atom. The van der Waals surface area contributed by atoms with Crippen LogP contribution in [0, 0.1) is 11.8 Å². The van der Waals surface area contributed by atoms with E-state index in [0.717, 1.165) is 54.0 Å². The van der Waals surface area contributed by atoms with Gasteiger partial charge in [0.25, 0.3) is 0 Å². The van der Waals surface area contributed by atoms with E-state index in [1.807, 2.05) is 36.5 Å². The minimum absolute atomic E-state index is 0.345. The Bertz CT molecular complexity index is 1180. The number of benzene rings is 1. The molecule has 0 aliphatic carbocycles. The number of piperidine rings is 1. The third-order valence-electron chi connectivity index (χ3n) is 5.91. The molecule has 0 bridgehead atoms. The first-order valence-electron chi connectivity index (χ1n) is 11.7. The minimum atomic E-state index is -1.03. The van der Waals surface area contributed by atoms with Crippen LogP contribution in [0.4, 0.5) is 5.82 Å². The van der Waals surface area contributed by atoms with Gasteiger partial charge in [-0.05, 0) is 70.1 Å². The van der Waals surface area contributed by atoms with E-state index in [1.165, 1.54) is 5.01 Å². The summed E-state index contributed by atoms with van der Waals surface area (Å²) in [6, 6.07) is 9.70. The Morgan fingerprint density at radius 2 is 2.00 bits per heavy atom. The first kappa shape index (κ1) is 24.2. The molecule has 0 unspecified atom stereocenters. The molecule has 7 heteroatoms. The molecule has 1 saturated heterocycles. The van der Waals surface area contributed by atoms with E-state index in [9.17, 15) is 5.11 Å². The van der Waals surface area contributed by atoms with Crippen molar-refractivity contribution in [1.82, 2.24) is 14.9 Å². The second-order valence-electron chi connectivity index (χ2n) is 9.18. The summed E-state index contributed by atoms with van der Waals surface area (Å²) < 4.78 is 6.03. The molecule has 0 amide bonds. The van der Waals surface area contributed by atoms with Crippen LogP contribution in [0.1, 0.15) is 55.7 Å². The molecule has 1 fully saturated rings. The van der Waals surface area contributed by atoms with Gasteiger partial charge in [0.2, 0.25) is 0 Å². The summed E-state index contributed by atoms with van der Waals surface area (Å²) in [5, 5.41) is 11.0. The van der Waals surface area contributed by atoms with Crippen LogP contribution in [-0.2, 0) is 6.61 Å². The molecule has 1 aromatic carbocycles. The molecule has 0 spiro atoms. The monoisotopic (exact) mass is 476 g/mol. The average Bonchev–Trinajstić information content (AvgIpc) is 3.32. The maximum absolute atomic E-state index is 9.82. The van der Waals surface area contributed by atoms with E-state index < -0.39 is 5.60 Å². The largest absolute Gasteiger partial charge is 0.485 e. The highest BCUT2D eigenvalue weighted by molar-refractivity contribution is 7.15. The van der Waals surface area contributed by atoms with Crippen molar-refractivity contribution in [2.24, 2.45) is 0 Å². The number of nitrogens with zero attached hydrogens (tertiary/aromatic N) is 3. The molecule has 34 heavy (non-hydrogen) atoms. The van der Waals surface area contributed by atoms with Crippen molar-refractivity contribution in [2.45, 2.75) is 51.7 Å². The number of anilines is 1. The Kier molecular flexibility index (Phi) is 7.52. The van der Waals surface area contributed by atoms with E-state index in [4.69, 9.17) is 15.5 Å². The van der Waals surface area contributed by atoms with Crippen LogP contribution in [0.3, 0.4) is 0 Å². The average molecular weight is 477 g/mol. The quantitative estimate of drug-likeness (QED) is 0.502. The Hall–Kier alpha value is -2.92. The van der Waals surface area contributed by atoms with Gasteiger partial charge in [-0.2, -0.15) is 0 Å². The maximum Gasteiger partial charge on any atom is 0.166 e. The number of aromatic nitrogens is 2. The third-order valence-corrected chi connectivity index (χ3v) is 7.12. The lowest BCUT2D eigenvalue weighted by molar-refractivity contribution is 0.143. The lowest BCUT2D eigenvalue weighted by Crippen LogP contribution is -2.32. The molecular formula is C27H32N4O2S. The Balaban J connectivity index is 1.44. The van der Waals surface area contributed by atoms with Crippen LogP contribution in [-0.4, -0.2) is 45.2 Å². The number of nitrogen functional groups attached to an aromatic ring is 1. The summed E-state index contributed by atoms with van der Waals surface area (Å²) in [5.74, 6) is 7.28. The normalized spacial score (nSPS) is 15.1. The lowest BCUT2D eigenvalue weighted by atomic mass is 9.98. The van der Waals surface area contributed by atoms with Crippen LogP contribution < -0.4 is 10.5 Å². The van der Waals surface area contributed by atoms with E-state index in [-0.39, 0.29) is 0 Å². The fraction of sp³-hybridized carbons (Fsp3) is 0.407. The molecule has 4 rings (SSSR count). The highest BCUT2D eigenvalue weighted by Crippen LogP contribution is 2.36. The number of pyridine rings is 1. The van der Waals surface area contributed by atoms with Gasteiger partial charge in [-0.25, -0.2) is 9.97 Å². The Labute approximate surface area is 205 Å². The number of hydrogen-bond acceptors (Lipinski definition) is 7. The van der Waals surface area contributed by atoms with E-state index in [0.29, 0.717) is 24.1 Å². The second kappa shape index (κ2) is 10.6. The molecule has 0 saturated carbocycles. The van der Waals surface area contributed by atoms with Crippen molar-refractivity contribution >= 4 is 17.2 Å². The highest BCUT2D eigenvalue weighted by Gasteiger charge is 2.22. The summed E-state index contributed by atoms with van der Waals surface area (Å²) in [6.07, 6.45) is 6.04. The molecule has 1 aliphatic rings. The molecule has 3 heterocycles. The molecular weight excluding hydrogens is 444 g/mol. The SMILES string of the molecule is CCN1CCC(c2ncc(-c3cnc(N)c(OCc4cccc(C#CC(C)(C)O)c4)c3)s2)CC1.